The van der Waals surface area contributed by atoms with Crippen molar-refractivity contribution in [1.29, 1.82) is 0 Å². The smallest absolute Gasteiger partial charge is 0.155 e. The van der Waals surface area contributed by atoms with Gasteiger partial charge in [-0.1, -0.05) is 13.8 Å². The minimum Gasteiger partial charge on any atom is -0.394 e. The van der Waals surface area contributed by atoms with Gasteiger partial charge in [0.05, 0.1) is 12.6 Å². The van der Waals surface area contributed by atoms with E-state index in [0.717, 1.165) is 17.0 Å². The summed E-state index contributed by atoms with van der Waals surface area (Å²) in [6.07, 6.45) is 1.82. The molecule has 3 N–H and O–H groups in total. The second kappa shape index (κ2) is 4.19. The SMILES string of the molecule is CC(C)c1nc2cc(C(N)CO)ccn2n1. The molecule has 0 aromatic carbocycles. The Morgan fingerprint density at radius 3 is 2.88 bits per heavy atom. The van der Waals surface area contributed by atoms with Gasteiger partial charge in [0.25, 0.3) is 0 Å². The number of hydrogen-bond donors (Lipinski definition) is 2. The minimum absolute atomic E-state index is 0.0681. The molecule has 0 saturated carbocycles. The summed E-state index contributed by atoms with van der Waals surface area (Å²) in [6.45, 7) is 4.03. The number of hydrogen-bond acceptors (Lipinski definition) is 4. The van der Waals surface area contributed by atoms with E-state index in [2.05, 4.69) is 23.9 Å². The van der Waals surface area contributed by atoms with Crippen LogP contribution in [-0.2, 0) is 0 Å². The van der Waals surface area contributed by atoms with Gasteiger partial charge in [0.2, 0.25) is 0 Å². The van der Waals surface area contributed by atoms with Gasteiger partial charge in [-0.05, 0) is 17.7 Å². The zero-order valence-corrected chi connectivity index (χ0v) is 9.46. The first-order valence-electron chi connectivity index (χ1n) is 5.34. The molecule has 2 rings (SSSR count). The van der Waals surface area contributed by atoms with Crippen LogP contribution in [0.25, 0.3) is 5.65 Å². The highest BCUT2D eigenvalue weighted by molar-refractivity contribution is 5.41. The lowest BCUT2D eigenvalue weighted by Crippen LogP contribution is -2.14. The van der Waals surface area contributed by atoms with Crippen LogP contribution in [-0.4, -0.2) is 26.3 Å². The Morgan fingerprint density at radius 1 is 1.50 bits per heavy atom. The summed E-state index contributed by atoms with van der Waals surface area (Å²) in [6, 6.07) is 3.36. The lowest BCUT2D eigenvalue weighted by Gasteiger charge is -2.07. The van der Waals surface area contributed by atoms with Crippen LogP contribution in [0, 0.1) is 0 Å². The zero-order valence-electron chi connectivity index (χ0n) is 9.46. The molecule has 2 aromatic rings. The number of pyridine rings is 1. The van der Waals surface area contributed by atoms with Gasteiger partial charge in [0.15, 0.2) is 11.5 Å². The quantitative estimate of drug-likeness (QED) is 0.803. The summed E-state index contributed by atoms with van der Waals surface area (Å²) in [5.41, 5.74) is 7.39. The third-order valence-corrected chi connectivity index (χ3v) is 2.52. The Morgan fingerprint density at radius 2 is 2.25 bits per heavy atom. The van der Waals surface area contributed by atoms with Crippen LogP contribution < -0.4 is 5.73 Å². The van der Waals surface area contributed by atoms with E-state index in [0.29, 0.717) is 5.92 Å². The van der Waals surface area contributed by atoms with E-state index in [9.17, 15) is 0 Å². The Kier molecular flexibility index (Phi) is 2.89. The molecule has 0 amide bonds. The largest absolute Gasteiger partial charge is 0.394 e. The molecule has 5 heteroatoms. The predicted molar refractivity (Wildman–Crippen MR) is 61.1 cm³/mol. The van der Waals surface area contributed by atoms with E-state index < -0.39 is 0 Å². The molecule has 0 bridgehead atoms. The lowest BCUT2D eigenvalue weighted by atomic mass is 10.1. The maximum atomic E-state index is 8.99. The molecule has 0 aliphatic heterocycles. The highest BCUT2D eigenvalue weighted by Crippen LogP contribution is 2.15. The highest BCUT2D eigenvalue weighted by Gasteiger charge is 2.10. The van der Waals surface area contributed by atoms with E-state index in [-0.39, 0.29) is 12.6 Å². The Bertz CT molecular complexity index is 492. The molecule has 86 valence electrons. The first-order valence-corrected chi connectivity index (χ1v) is 5.34. The molecule has 0 spiro atoms. The molecule has 2 heterocycles. The topological polar surface area (TPSA) is 76.4 Å². The highest BCUT2D eigenvalue weighted by atomic mass is 16.3. The monoisotopic (exact) mass is 220 g/mol. The molecule has 16 heavy (non-hydrogen) atoms. The van der Waals surface area contributed by atoms with Crippen LogP contribution in [0.4, 0.5) is 0 Å². The van der Waals surface area contributed by atoms with Gasteiger partial charge in [-0.15, -0.1) is 0 Å². The van der Waals surface area contributed by atoms with Crippen LogP contribution in [0.5, 0.6) is 0 Å². The molecule has 1 unspecified atom stereocenters. The maximum Gasteiger partial charge on any atom is 0.155 e. The number of aliphatic hydroxyl groups is 1. The molecule has 5 nitrogen and oxygen atoms in total. The van der Waals surface area contributed by atoms with Crippen molar-refractivity contribution in [3.8, 4) is 0 Å². The van der Waals surface area contributed by atoms with Crippen molar-refractivity contribution in [2.45, 2.75) is 25.8 Å². The minimum atomic E-state index is -0.357. The summed E-state index contributed by atoms with van der Waals surface area (Å²) in [7, 11) is 0. The molecule has 2 aromatic heterocycles. The number of nitrogens with two attached hydrogens (primary N) is 1. The van der Waals surface area contributed by atoms with Crippen LogP contribution in [0.3, 0.4) is 0 Å². The van der Waals surface area contributed by atoms with Gasteiger partial charge >= 0.3 is 0 Å². The molecule has 0 fully saturated rings. The van der Waals surface area contributed by atoms with Gasteiger partial charge < -0.3 is 10.8 Å². The van der Waals surface area contributed by atoms with Gasteiger partial charge in [-0.25, -0.2) is 9.50 Å². The first-order chi connectivity index (χ1) is 7.61. The summed E-state index contributed by atoms with van der Waals surface area (Å²) >= 11 is 0. The number of nitrogens with zero attached hydrogens (tertiary/aromatic N) is 3. The van der Waals surface area contributed by atoms with Crippen LogP contribution in [0.15, 0.2) is 18.3 Å². The first kappa shape index (κ1) is 11.0. The van der Waals surface area contributed by atoms with Crippen LogP contribution in [0.2, 0.25) is 0 Å². The lowest BCUT2D eigenvalue weighted by molar-refractivity contribution is 0.268. The van der Waals surface area contributed by atoms with E-state index in [1.54, 1.807) is 4.52 Å². The fraction of sp³-hybridized carbons (Fsp3) is 0.455. The Balaban J connectivity index is 2.45. The zero-order chi connectivity index (χ0) is 11.7. The van der Waals surface area contributed by atoms with Gasteiger partial charge in [0.1, 0.15) is 0 Å². The third-order valence-electron chi connectivity index (χ3n) is 2.52. The summed E-state index contributed by atoms with van der Waals surface area (Å²) in [5.74, 6) is 1.12. The van der Waals surface area contributed by atoms with Crippen molar-refractivity contribution >= 4 is 5.65 Å². The van der Waals surface area contributed by atoms with Crippen LogP contribution in [0.1, 0.15) is 37.2 Å². The molecule has 0 radical (unpaired) electrons. The number of rotatable bonds is 3. The van der Waals surface area contributed by atoms with Crippen molar-refractivity contribution < 1.29 is 5.11 Å². The average molecular weight is 220 g/mol. The summed E-state index contributed by atoms with van der Waals surface area (Å²) in [4.78, 5) is 4.40. The predicted octanol–water partition coefficient (Wildman–Crippen LogP) is 0.845. The van der Waals surface area contributed by atoms with Crippen molar-refractivity contribution in [2.75, 3.05) is 6.61 Å². The summed E-state index contributed by atoms with van der Waals surface area (Å²) in [5, 5.41) is 13.3. The van der Waals surface area contributed by atoms with Gasteiger partial charge in [-0.2, -0.15) is 5.10 Å². The molecule has 1 atom stereocenters. The van der Waals surface area contributed by atoms with Crippen molar-refractivity contribution in [3.05, 3.63) is 29.7 Å². The average Bonchev–Trinajstić information content (AvgIpc) is 2.70. The van der Waals surface area contributed by atoms with Crippen molar-refractivity contribution in [1.82, 2.24) is 14.6 Å². The molecular formula is C11H16N4O. The maximum absolute atomic E-state index is 8.99. The fourth-order valence-electron chi connectivity index (χ4n) is 1.50. The second-order valence-electron chi connectivity index (χ2n) is 4.18. The van der Waals surface area contributed by atoms with Crippen LogP contribution >= 0.6 is 0 Å². The summed E-state index contributed by atoms with van der Waals surface area (Å²) < 4.78 is 1.73. The van der Waals surface area contributed by atoms with Gasteiger partial charge in [0, 0.05) is 12.1 Å². The Hall–Kier alpha value is -1.46. The second-order valence-corrected chi connectivity index (χ2v) is 4.18. The molecular weight excluding hydrogens is 204 g/mol. The number of fused-ring (bicyclic) bond motifs is 1. The fourth-order valence-corrected chi connectivity index (χ4v) is 1.50. The van der Waals surface area contributed by atoms with E-state index >= 15 is 0 Å². The standard InChI is InChI=1S/C11H16N4O/c1-7(2)11-13-10-5-8(9(12)6-16)3-4-15(10)14-11/h3-5,7,9,16H,6,12H2,1-2H3. The number of aromatic nitrogens is 3. The molecule has 0 saturated heterocycles. The number of aliphatic hydroxyl groups excluding tert-OH is 1. The molecule has 0 aliphatic rings. The van der Waals surface area contributed by atoms with E-state index in [1.165, 1.54) is 0 Å². The third kappa shape index (κ3) is 1.91. The van der Waals surface area contributed by atoms with E-state index in [1.807, 2.05) is 18.3 Å². The normalized spacial score (nSPS) is 13.6. The van der Waals surface area contributed by atoms with Crippen molar-refractivity contribution in [2.24, 2.45) is 5.73 Å². The Labute approximate surface area is 93.9 Å². The van der Waals surface area contributed by atoms with Crippen molar-refractivity contribution in [3.63, 3.8) is 0 Å². The van der Waals surface area contributed by atoms with Gasteiger partial charge in [-0.3, -0.25) is 0 Å². The van der Waals surface area contributed by atoms with E-state index in [4.69, 9.17) is 10.8 Å². The molecule has 0 aliphatic carbocycles.